The number of aryl methyl sites for hydroxylation is 1. The molecule has 2 N–H and O–H groups in total. The summed E-state index contributed by atoms with van der Waals surface area (Å²) in [6.45, 7) is 5.73. The number of carbonyl (C=O) groups excluding carboxylic acids is 2. The van der Waals surface area contributed by atoms with Gasteiger partial charge in [0.05, 0.1) is 4.47 Å². The lowest BCUT2D eigenvalue weighted by Gasteiger charge is -2.12. The average Bonchev–Trinajstić information content (AvgIpc) is 2.64. The van der Waals surface area contributed by atoms with Gasteiger partial charge in [0.2, 0.25) is 0 Å². The van der Waals surface area contributed by atoms with E-state index in [2.05, 4.69) is 40.6 Å². The fraction of sp³-hybridized carbons (Fsp3) is 0.300. The van der Waals surface area contributed by atoms with Crippen LogP contribution in [0.4, 0.5) is 0 Å². The number of hydrazine groups is 1. The molecule has 6 nitrogen and oxygen atoms in total. The maximum Gasteiger partial charge on any atom is 0.276 e. The monoisotopic (exact) mass is 434 g/mol. The van der Waals surface area contributed by atoms with Crippen LogP contribution in [0.25, 0.3) is 0 Å². The highest BCUT2D eigenvalue weighted by atomic mass is 79.9. The molecule has 0 aliphatic heterocycles. The molecular weight excluding hydrogens is 412 g/mol. The van der Waals surface area contributed by atoms with Gasteiger partial charge >= 0.3 is 0 Å². The van der Waals surface area contributed by atoms with Gasteiger partial charge in [-0.05, 0) is 58.6 Å². The number of hydrogen-bond donors (Lipinski definition) is 2. The van der Waals surface area contributed by atoms with Crippen molar-refractivity contribution >= 4 is 27.7 Å². The molecule has 0 spiro atoms. The Balaban J connectivity index is 1.71. The molecule has 0 unspecified atom stereocenters. The second kappa shape index (κ2) is 9.97. The fourth-order valence-corrected chi connectivity index (χ4v) is 2.64. The Labute approximate surface area is 167 Å². The summed E-state index contributed by atoms with van der Waals surface area (Å²) in [6.07, 6.45) is 0. The van der Waals surface area contributed by atoms with Crippen LogP contribution in [0.1, 0.15) is 30.9 Å². The number of benzene rings is 2. The third kappa shape index (κ3) is 6.94. The fourth-order valence-electron chi connectivity index (χ4n) is 2.13. The van der Waals surface area contributed by atoms with Gasteiger partial charge in [0.1, 0.15) is 11.5 Å². The zero-order valence-corrected chi connectivity index (χ0v) is 17.1. The van der Waals surface area contributed by atoms with E-state index in [0.717, 1.165) is 10.0 Å². The van der Waals surface area contributed by atoms with E-state index in [9.17, 15) is 9.59 Å². The minimum Gasteiger partial charge on any atom is -0.484 e. The first kappa shape index (κ1) is 20.8. The lowest BCUT2D eigenvalue weighted by molar-refractivity contribution is -0.131. The van der Waals surface area contributed by atoms with Crippen molar-refractivity contribution < 1.29 is 19.1 Å². The van der Waals surface area contributed by atoms with Crippen molar-refractivity contribution in [1.29, 1.82) is 0 Å². The van der Waals surface area contributed by atoms with E-state index in [1.807, 2.05) is 31.2 Å². The molecule has 0 aromatic heterocycles. The van der Waals surface area contributed by atoms with Crippen LogP contribution in [-0.2, 0) is 9.59 Å². The predicted octanol–water partition coefficient (Wildman–Crippen LogP) is 3.49. The molecule has 0 aliphatic carbocycles. The Kier molecular flexibility index (Phi) is 7.67. The molecule has 0 bridgehead atoms. The molecule has 0 heterocycles. The van der Waals surface area contributed by atoms with Gasteiger partial charge in [-0.15, -0.1) is 0 Å². The summed E-state index contributed by atoms with van der Waals surface area (Å²) in [5.74, 6) is 0.601. The first-order valence-corrected chi connectivity index (χ1v) is 9.34. The quantitative estimate of drug-likeness (QED) is 0.653. The van der Waals surface area contributed by atoms with Crippen LogP contribution < -0.4 is 20.3 Å². The van der Waals surface area contributed by atoms with E-state index in [1.54, 1.807) is 18.2 Å². The molecule has 2 aromatic carbocycles. The van der Waals surface area contributed by atoms with Crippen molar-refractivity contribution in [3.8, 4) is 11.5 Å². The number of hydrogen-bond acceptors (Lipinski definition) is 4. The lowest BCUT2D eigenvalue weighted by atomic mass is 10.0. The minimum atomic E-state index is -0.474. The molecule has 0 saturated carbocycles. The molecule has 0 aliphatic rings. The molecule has 2 amide bonds. The van der Waals surface area contributed by atoms with Crippen LogP contribution in [0, 0.1) is 6.92 Å². The highest BCUT2D eigenvalue weighted by molar-refractivity contribution is 9.10. The zero-order chi connectivity index (χ0) is 19.8. The van der Waals surface area contributed by atoms with E-state index < -0.39 is 11.8 Å². The van der Waals surface area contributed by atoms with Gasteiger partial charge < -0.3 is 9.47 Å². The number of carbonyl (C=O) groups is 2. The first-order chi connectivity index (χ1) is 12.8. The molecule has 0 radical (unpaired) electrons. The second-order valence-corrected chi connectivity index (χ2v) is 7.19. The SMILES string of the molecule is Cc1ccc(OCC(=O)NNC(=O)COc2ccc(C(C)C)cc2Br)cc1. The number of ether oxygens (including phenoxy) is 2. The largest absolute Gasteiger partial charge is 0.484 e. The van der Waals surface area contributed by atoms with Crippen molar-refractivity contribution in [3.63, 3.8) is 0 Å². The maximum absolute atomic E-state index is 11.8. The number of amides is 2. The van der Waals surface area contributed by atoms with Gasteiger partial charge in [0, 0.05) is 0 Å². The zero-order valence-electron chi connectivity index (χ0n) is 15.5. The van der Waals surface area contributed by atoms with Crippen molar-refractivity contribution in [1.82, 2.24) is 10.9 Å². The molecule has 27 heavy (non-hydrogen) atoms. The number of halogens is 1. The van der Waals surface area contributed by atoms with Crippen molar-refractivity contribution in [3.05, 3.63) is 58.1 Å². The first-order valence-electron chi connectivity index (χ1n) is 8.54. The van der Waals surface area contributed by atoms with Crippen LogP contribution >= 0.6 is 15.9 Å². The van der Waals surface area contributed by atoms with Gasteiger partial charge in [-0.3, -0.25) is 20.4 Å². The summed E-state index contributed by atoms with van der Waals surface area (Å²) in [4.78, 5) is 23.5. The molecule has 2 aromatic rings. The van der Waals surface area contributed by atoms with Gasteiger partial charge in [-0.25, -0.2) is 0 Å². The van der Waals surface area contributed by atoms with E-state index in [-0.39, 0.29) is 13.2 Å². The Hall–Kier alpha value is -2.54. The summed E-state index contributed by atoms with van der Waals surface area (Å²) in [5, 5.41) is 0. The van der Waals surface area contributed by atoms with E-state index in [1.165, 1.54) is 5.56 Å². The second-order valence-electron chi connectivity index (χ2n) is 6.33. The molecule has 2 rings (SSSR count). The molecule has 0 fully saturated rings. The molecule has 0 saturated heterocycles. The molecule has 7 heteroatoms. The van der Waals surface area contributed by atoms with Gasteiger partial charge in [0.25, 0.3) is 11.8 Å². The summed E-state index contributed by atoms with van der Waals surface area (Å²) in [5.41, 5.74) is 6.84. The number of nitrogens with one attached hydrogen (secondary N) is 2. The Morgan fingerprint density at radius 3 is 2.11 bits per heavy atom. The third-order valence-electron chi connectivity index (χ3n) is 3.71. The van der Waals surface area contributed by atoms with Crippen LogP contribution in [0.2, 0.25) is 0 Å². The lowest BCUT2D eigenvalue weighted by Crippen LogP contribution is -2.45. The van der Waals surface area contributed by atoms with E-state index >= 15 is 0 Å². The average molecular weight is 435 g/mol. The van der Waals surface area contributed by atoms with E-state index in [0.29, 0.717) is 17.4 Å². The number of rotatable bonds is 7. The van der Waals surface area contributed by atoms with Gasteiger partial charge in [0.15, 0.2) is 13.2 Å². The van der Waals surface area contributed by atoms with Crippen LogP contribution in [0.5, 0.6) is 11.5 Å². The molecule has 144 valence electrons. The molecular formula is C20H23BrN2O4. The van der Waals surface area contributed by atoms with Crippen LogP contribution in [-0.4, -0.2) is 25.0 Å². The van der Waals surface area contributed by atoms with Crippen molar-refractivity contribution in [2.45, 2.75) is 26.7 Å². The topological polar surface area (TPSA) is 76.7 Å². The summed E-state index contributed by atoms with van der Waals surface area (Å²) >= 11 is 3.43. The Morgan fingerprint density at radius 2 is 1.56 bits per heavy atom. The maximum atomic E-state index is 11.8. The standard InChI is InChI=1S/C20H23BrN2O4/c1-13(2)15-6-9-18(17(21)10-15)27-12-20(25)23-22-19(24)11-26-16-7-4-14(3)5-8-16/h4-10,13H,11-12H2,1-3H3,(H,22,24)(H,23,25). The minimum absolute atomic E-state index is 0.202. The highest BCUT2D eigenvalue weighted by Gasteiger charge is 2.09. The van der Waals surface area contributed by atoms with Gasteiger partial charge in [-0.2, -0.15) is 0 Å². The van der Waals surface area contributed by atoms with E-state index in [4.69, 9.17) is 9.47 Å². The Morgan fingerprint density at radius 1 is 0.963 bits per heavy atom. The van der Waals surface area contributed by atoms with Crippen LogP contribution in [0.3, 0.4) is 0 Å². The van der Waals surface area contributed by atoms with Crippen LogP contribution in [0.15, 0.2) is 46.9 Å². The van der Waals surface area contributed by atoms with Crippen molar-refractivity contribution in [2.24, 2.45) is 0 Å². The normalized spacial score (nSPS) is 10.4. The smallest absolute Gasteiger partial charge is 0.276 e. The Bertz CT molecular complexity index is 791. The summed E-state index contributed by atoms with van der Waals surface area (Å²) < 4.78 is 11.6. The predicted molar refractivity (Wildman–Crippen MR) is 107 cm³/mol. The molecule has 0 atom stereocenters. The highest BCUT2D eigenvalue weighted by Crippen LogP contribution is 2.28. The van der Waals surface area contributed by atoms with Gasteiger partial charge in [-0.1, -0.05) is 37.6 Å². The summed E-state index contributed by atoms with van der Waals surface area (Å²) in [6, 6.07) is 13.0. The van der Waals surface area contributed by atoms with Crippen molar-refractivity contribution in [2.75, 3.05) is 13.2 Å². The third-order valence-corrected chi connectivity index (χ3v) is 4.33. The summed E-state index contributed by atoms with van der Waals surface area (Å²) in [7, 11) is 0.